The Balaban J connectivity index is 1.87. The molecule has 0 aliphatic carbocycles. The van der Waals surface area contributed by atoms with Crippen molar-refractivity contribution in [3.63, 3.8) is 0 Å². The molecule has 1 aromatic carbocycles. The number of thioether (sulfide) groups is 1. The molecule has 0 N–H and O–H groups in total. The molecule has 0 aromatic heterocycles. The number of hydrogen-bond acceptors (Lipinski definition) is 7. The number of carbonyl (C=O) groups is 3. The molecule has 0 unspecified atom stereocenters. The van der Waals surface area contributed by atoms with E-state index in [0.29, 0.717) is 22.1 Å². The van der Waals surface area contributed by atoms with Gasteiger partial charge in [0.25, 0.3) is 11.1 Å². The van der Waals surface area contributed by atoms with Gasteiger partial charge in [-0.25, -0.2) is 4.79 Å². The number of rotatable bonds is 4. The van der Waals surface area contributed by atoms with Crippen LogP contribution in [-0.2, 0) is 14.3 Å². The number of esters is 1. The molecule has 2 heterocycles. The quantitative estimate of drug-likeness (QED) is 0.583. The summed E-state index contributed by atoms with van der Waals surface area (Å²) in [5, 5.41) is -0.178. The Bertz CT molecular complexity index is 793. The van der Waals surface area contributed by atoms with Gasteiger partial charge in [-0.3, -0.25) is 14.5 Å². The number of nitrogens with zero attached hydrogens (tertiary/aromatic N) is 1. The second-order valence-electron chi connectivity index (χ2n) is 5.21. The zero-order chi connectivity index (χ0) is 18.1. The Morgan fingerprint density at radius 1 is 1.40 bits per heavy atom. The number of halogens is 1. The third-order valence-corrected chi connectivity index (χ3v) is 4.83. The first-order chi connectivity index (χ1) is 11.9. The summed E-state index contributed by atoms with van der Waals surface area (Å²) in [4.78, 5) is 37.5. The van der Waals surface area contributed by atoms with Crippen molar-refractivity contribution in [3.05, 3.63) is 27.6 Å². The van der Waals surface area contributed by atoms with E-state index >= 15 is 0 Å². The standard InChI is InChI=1S/C16H14ClNO6S/c1-3-22-15(20)8(2)18-14(19)13(25-16(18)21)5-9-4-11-12(6-10(9)17)24-7-23-11/h4-6,8H,3,7H2,1-2H3/b13-5+/t8-/m0/s1. The fraction of sp³-hybridized carbons (Fsp3) is 0.312. The minimum Gasteiger partial charge on any atom is -0.464 e. The summed E-state index contributed by atoms with van der Waals surface area (Å²) >= 11 is 6.93. The number of benzene rings is 1. The van der Waals surface area contributed by atoms with Crippen molar-refractivity contribution in [2.75, 3.05) is 13.4 Å². The van der Waals surface area contributed by atoms with E-state index in [-0.39, 0.29) is 18.3 Å². The first-order valence-electron chi connectivity index (χ1n) is 7.45. The maximum absolute atomic E-state index is 12.5. The van der Waals surface area contributed by atoms with Crippen molar-refractivity contribution in [1.29, 1.82) is 0 Å². The lowest BCUT2D eigenvalue weighted by Crippen LogP contribution is -2.42. The number of carbonyl (C=O) groups excluding carboxylic acids is 3. The molecular formula is C16H14ClNO6S. The molecule has 132 valence electrons. The summed E-state index contributed by atoms with van der Waals surface area (Å²) in [7, 11) is 0. The normalized spacial score (nSPS) is 18.8. The maximum Gasteiger partial charge on any atom is 0.329 e. The Kier molecular flexibility index (Phi) is 4.91. The zero-order valence-electron chi connectivity index (χ0n) is 13.4. The number of fused-ring (bicyclic) bond motifs is 1. The van der Waals surface area contributed by atoms with E-state index in [9.17, 15) is 14.4 Å². The highest BCUT2D eigenvalue weighted by Crippen LogP contribution is 2.40. The van der Waals surface area contributed by atoms with Crippen molar-refractivity contribution in [3.8, 4) is 11.5 Å². The fourth-order valence-electron chi connectivity index (χ4n) is 2.37. The Labute approximate surface area is 152 Å². The van der Waals surface area contributed by atoms with Gasteiger partial charge < -0.3 is 14.2 Å². The fourth-order valence-corrected chi connectivity index (χ4v) is 3.47. The van der Waals surface area contributed by atoms with Gasteiger partial charge in [-0.1, -0.05) is 11.6 Å². The topological polar surface area (TPSA) is 82.1 Å². The molecule has 1 fully saturated rings. The average molecular weight is 384 g/mol. The van der Waals surface area contributed by atoms with Crippen LogP contribution >= 0.6 is 23.4 Å². The lowest BCUT2D eigenvalue weighted by atomic mass is 10.1. The highest BCUT2D eigenvalue weighted by molar-refractivity contribution is 8.18. The van der Waals surface area contributed by atoms with E-state index in [1.54, 1.807) is 19.1 Å². The van der Waals surface area contributed by atoms with Gasteiger partial charge >= 0.3 is 5.97 Å². The van der Waals surface area contributed by atoms with Gasteiger partial charge in [0.15, 0.2) is 11.5 Å². The van der Waals surface area contributed by atoms with Gasteiger partial charge in [0.2, 0.25) is 6.79 Å². The maximum atomic E-state index is 12.5. The van der Waals surface area contributed by atoms with Crippen molar-refractivity contribution in [1.82, 2.24) is 4.90 Å². The van der Waals surface area contributed by atoms with E-state index in [1.165, 1.54) is 13.0 Å². The predicted molar refractivity (Wildman–Crippen MR) is 91.5 cm³/mol. The number of amides is 2. The molecule has 1 saturated heterocycles. The van der Waals surface area contributed by atoms with Crippen LogP contribution in [0.5, 0.6) is 11.5 Å². The number of imide groups is 1. The van der Waals surface area contributed by atoms with Gasteiger partial charge in [-0.05, 0) is 43.3 Å². The van der Waals surface area contributed by atoms with Crippen LogP contribution in [0.3, 0.4) is 0 Å². The third kappa shape index (κ3) is 3.32. The van der Waals surface area contributed by atoms with Crippen LogP contribution < -0.4 is 9.47 Å². The lowest BCUT2D eigenvalue weighted by Gasteiger charge is -2.19. The van der Waals surface area contributed by atoms with E-state index < -0.39 is 23.2 Å². The number of ether oxygens (including phenoxy) is 3. The van der Waals surface area contributed by atoms with E-state index in [4.69, 9.17) is 25.8 Å². The molecule has 1 aromatic rings. The SMILES string of the molecule is CCOC(=O)[C@H](C)N1C(=O)S/C(=C/c2cc3c(cc2Cl)OCO3)C1=O. The van der Waals surface area contributed by atoms with Crippen molar-refractivity contribution in [2.45, 2.75) is 19.9 Å². The van der Waals surface area contributed by atoms with Crippen LogP contribution in [-0.4, -0.2) is 41.5 Å². The smallest absolute Gasteiger partial charge is 0.329 e. The second kappa shape index (κ2) is 6.97. The molecule has 0 saturated carbocycles. The Morgan fingerprint density at radius 2 is 2.08 bits per heavy atom. The van der Waals surface area contributed by atoms with Gasteiger partial charge in [0.1, 0.15) is 6.04 Å². The number of hydrogen-bond donors (Lipinski definition) is 0. The van der Waals surface area contributed by atoms with Crippen LogP contribution in [0.15, 0.2) is 17.0 Å². The zero-order valence-corrected chi connectivity index (χ0v) is 15.0. The molecule has 7 nitrogen and oxygen atoms in total. The molecule has 2 aliphatic heterocycles. The molecular weight excluding hydrogens is 370 g/mol. The van der Waals surface area contributed by atoms with Crippen molar-refractivity contribution < 1.29 is 28.6 Å². The van der Waals surface area contributed by atoms with Crippen molar-refractivity contribution in [2.24, 2.45) is 0 Å². The van der Waals surface area contributed by atoms with E-state index in [2.05, 4.69) is 0 Å². The first kappa shape index (κ1) is 17.6. The summed E-state index contributed by atoms with van der Waals surface area (Å²) in [6, 6.07) is 2.22. The van der Waals surface area contributed by atoms with Crippen LogP contribution in [0.4, 0.5) is 4.79 Å². The average Bonchev–Trinajstić information content (AvgIpc) is 3.11. The summed E-state index contributed by atoms with van der Waals surface area (Å²) in [6.45, 7) is 3.37. The van der Waals surface area contributed by atoms with Gasteiger partial charge in [-0.15, -0.1) is 0 Å². The summed E-state index contributed by atoms with van der Waals surface area (Å²) < 4.78 is 15.4. The molecule has 0 bridgehead atoms. The van der Waals surface area contributed by atoms with E-state index in [1.807, 2.05) is 0 Å². The Morgan fingerprint density at radius 3 is 2.76 bits per heavy atom. The molecule has 9 heteroatoms. The van der Waals surface area contributed by atoms with Crippen molar-refractivity contribution >= 4 is 46.6 Å². The summed E-state index contributed by atoms with van der Waals surface area (Å²) in [6.07, 6.45) is 1.49. The lowest BCUT2D eigenvalue weighted by molar-refractivity contribution is -0.150. The summed E-state index contributed by atoms with van der Waals surface area (Å²) in [5.74, 6) is -0.169. The second-order valence-corrected chi connectivity index (χ2v) is 6.61. The minimum absolute atomic E-state index is 0.0999. The highest BCUT2D eigenvalue weighted by Gasteiger charge is 2.41. The van der Waals surface area contributed by atoms with E-state index in [0.717, 1.165) is 16.7 Å². The van der Waals surface area contributed by atoms with Crippen LogP contribution in [0.2, 0.25) is 5.02 Å². The van der Waals surface area contributed by atoms with Gasteiger partial charge in [0.05, 0.1) is 16.5 Å². The molecule has 3 rings (SSSR count). The predicted octanol–water partition coefficient (Wildman–Crippen LogP) is 3.06. The Hall–Kier alpha value is -2.19. The van der Waals surface area contributed by atoms with Crippen LogP contribution in [0.1, 0.15) is 19.4 Å². The molecule has 0 spiro atoms. The monoisotopic (exact) mass is 383 g/mol. The molecule has 0 radical (unpaired) electrons. The van der Waals surface area contributed by atoms with Crippen LogP contribution in [0.25, 0.3) is 6.08 Å². The third-order valence-electron chi connectivity index (χ3n) is 3.62. The van der Waals surface area contributed by atoms with Gasteiger partial charge in [-0.2, -0.15) is 0 Å². The molecule has 2 amide bonds. The van der Waals surface area contributed by atoms with Crippen LogP contribution in [0, 0.1) is 0 Å². The summed E-state index contributed by atoms with van der Waals surface area (Å²) in [5.41, 5.74) is 0.514. The minimum atomic E-state index is -0.995. The first-order valence-corrected chi connectivity index (χ1v) is 8.64. The molecule has 2 aliphatic rings. The molecule has 1 atom stereocenters. The van der Waals surface area contributed by atoms with Gasteiger partial charge in [0, 0.05) is 6.07 Å². The highest BCUT2D eigenvalue weighted by atomic mass is 35.5. The largest absolute Gasteiger partial charge is 0.464 e. The molecule has 25 heavy (non-hydrogen) atoms.